The average molecular weight is 234 g/mol. The molecule has 94 valence electrons. The molecule has 1 fully saturated rings. The van der Waals surface area contributed by atoms with Gasteiger partial charge in [0.2, 0.25) is 0 Å². The SMILES string of the molecule is CN(CC1(N(C)C)CCC1)c1ccc(N)nc1. The van der Waals surface area contributed by atoms with E-state index in [0.29, 0.717) is 11.4 Å². The third kappa shape index (κ3) is 2.36. The van der Waals surface area contributed by atoms with Crippen LogP contribution in [-0.4, -0.2) is 43.1 Å². The van der Waals surface area contributed by atoms with Crippen LogP contribution in [0.1, 0.15) is 19.3 Å². The maximum Gasteiger partial charge on any atom is 0.123 e. The molecule has 17 heavy (non-hydrogen) atoms. The maximum absolute atomic E-state index is 5.60. The topological polar surface area (TPSA) is 45.4 Å². The first-order valence-electron chi connectivity index (χ1n) is 6.14. The van der Waals surface area contributed by atoms with Gasteiger partial charge in [-0.25, -0.2) is 4.98 Å². The first-order chi connectivity index (χ1) is 8.03. The lowest BCUT2D eigenvalue weighted by Crippen LogP contribution is -2.56. The predicted molar refractivity (Wildman–Crippen MR) is 72.2 cm³/mol. The van der Waals surface area contributed by atoms with E-state index in [1.54, 1.807) is 0 Å². The molecule has 0 bridgehead atoms. The number of likely N-dealkylation sites (N-methyl/N-ethyl adjacent to an activating group) is 2. The molecule has 1 heterocycles. The number of anilines is 2. The molecule has 4 heteroatoms. The van der Waals surface area contributed by atoms with Gasteiger partial charge in [-0.2, -0.15) is 0 Å². The lowest BCUT2D eigenvalue weighted by atomic mass is 9.75. The molecular weight excluding hydrogens is 212 g/mol. The molecule has 0 amide bonds. The monoisotopic (exact) mass is 234 g/mol. The van der Waals surface area contributed by atoms with Crippen molar-refractivity contribution in [2.75, 3.05) is 38.3 Å². The Labute approximate surface area is 103 Å². The summed E-state index contributed by atoms with van der Waals surface area (Å²) in [6.07, 6.45) is 5.75. The van der Waals surface area contributed by atoms with Crippen molar-refractivity contribution in [3.63, 3.8) is 0 Å². The predicted octanol–water partition coefficient (Wildman–Crippen LogP) is 1.58. The Morgan fingerprint density at radius 3 is 2.41 bits per heavy atom. The van der Waals surface area contributed by atoms with E-state index in [0.717, 1.165) is 12.2 Å². The van der Waals surface area contributed by atoms with Crippen molar-refractivity contribution < 1.29 is 0 Å². The molecule has 0 saturated heterocycles. The van der Waals surface area contributed by atoms with Crippen molar-refractivity contribution >= 4 is 11.5 Å². The van der Waals surface area contributed by atoms with E-state index in [9.17, 15) is 0 Å². The zero-order chi connectivity index (χ0) is 12.5. The number of pyridine rings is 1. The summed E-state index contributed by atoms with van der Waals surface area (Å²) >= 11 is 0. The largest absolute Gasteiger partial charge is 0.384 e. The standard InChI is InChI=1S/C13H22N4/c1-16(2)13(7-4-8-13)10-17(3)11-5-6-12(14)15-9-11/h5-6,9H,4,7-8,10H2,1-3H3,(H2,14,15). The highest BCUT2D eigenvalue weighted by atomic mass is 15.2. The van der Waals surface area contributed by atoms with Crippen LogP contribution in [0.5, 0.6) is 0 Å². The quantitative estimate of drug-likeness (QED) is 0.859. The summed E-state index contributed by atoms with van der Waals surface area (Å²) in [4.78, 5) is 8.77. The average Bonchev–Trinajstić information content (AvgIpc) is 2.23. The Morgan fingerprint density at radius 2 is 2.00 bits per heavy atom. The summed E-state index contributed by atoms with van der Waals surface area (Å²) in [6, 6.07) is 3.89. The van der Waals surface area contributed by atoms with Gasteiger partial charge in [0.25, 0.3) is 0 Å². The van der Waals surface area contributed by atoms with Gasteiger partial charge in [0.05, 0.1) is 11.9 Å². The van der Waals surface area contributed by atoms with Crippen molar-refractivity contribution in [3.05, 3.63) is 18.3 Å². The van der Waals surface area contributed by atoms with Gasteiger partial charge in [-0.15, -0.1) is 0 Å². The van der Waals surface area contributed by atoms with Gasteiger partial charge in [-0.1, -0.05) is 0 Å². The number of nitrogen functional groups attached to an aromatic ring is 1. The molecule has 0 unspecified atom stereocenters. The number of rotatable bonds is 4. The fourth-order valence-electron chi connectivity index (χ4n) is 2.49. The van der Waals surface area contributed by atoms with Crippen LogP contribution in [0.25, 0.3) is 0 Å². The van der Waals surface area contributed by atoms with Gasteiger partial charge >= 0.3 is 0 Å². The lowest BCUT2D eigenvalue weighted by molar-refractivity contribution is 0.0683. The van der Waals surface area contributed by atoms with E-state index in [2.05, 4.69) is 35.9 Å². The molecule has 1 aliphatic carbocycles. The number of aromatic nitrogens is 1. The maximum atomic E-state index is 5.60. The zero-order valence-electron chi connectivity index (χ0n) is 11.0. The molecule has 1 aromatic rings. The highest BCUT2D eigenvalue weighted by molar-refractivity contribution is 5.47. The summed E-state index contributed by atoms with van der Waals surface area (Å²) in [5.41, 5.74) is 7.08. The van der Waals surface area contributed by atoms with Crippen LogP contribution in [0, 0.1) is 0 Å². The zero-order valence-corrected chi connectivity index (χ0v) is 11.0. The lowest BCUT2D eigenvalue weighted by Gasteiger charge is -2.49. The third-order valence-electron chi connectivity index (χ3n) is 3.98. The molecule has 0 atom stereocenters. The van der Waals surface area contributed by atoms with Gasteiger partial charge < -0.3 is 15.5 Å². The summed E-state index contributed by atoms with van der Waals surface area (Å²) < 4.78 is 0. The van der Waals surface area contributed by atoms with Gasteiger partial charge in [-0.3, -0.25) is 0 Å². The molecule has 1 aliphatic rings. The van der Waals surface area contributed by atoms with E-state index < -0.39 is 0 Å². The van der Waals surface area contributed by atoms with Crippen molar-refractivity contribution in [1.29, 1.82) is 0 Å². The van der Waals surface area contributed by atoms with Crippen LogP contribution in [0.4, 0.5) is 11.5 Å². The van der Waals surface area contributed by atoms with E-state index in [1.165, 1.54) is 19.3 Å². The second-order valence-corrected chi connectivity index (χ2v) is 5.27. The molecule has 0 radical (unpaired) electrons. The minimum Gasteiger partial charge on any atom is -0.384 e. The van der Waals surface area contributed by atoms with Crippen molar-refractivity contribution in [2.45, 2.75) is 24.8 Å². The van der Waals surface area contributed by atoms with Gasteiger partial charge in [0.1, 0.15) is 5.82 Å². The van der Waals surface area contributed by atoms with Crippen LogP contribution in [-0.2, 0) is 0 Å². The van der Waals surface area contributed by atoms with Crippen molar-refractivity contribution in [1.82, 2.24) is 9.88 Å². The summed E-state index contributed by atoms with van der Waals surface area (Å²) in [7, 11) is 6.47. The highest BCUT2D eigenvalue weighted by Crippen LogP contribution is 2.37. The second-order valence-electron chi connectivity index (χ2n) is 5.27. The normalized spacial score (nSPS) is 17.9. The van der Waals surface area contributed by atoms with Gasteiger partial charge in [-0.05, 0) is 45.5 Å². The first-order valence-corrected chi connectivity index (χ1v) is 6.14. The van der Waals surface area contributed by atoms with Crippen molar-refractivity contribution in [3.8, 4) is 0 Å². The van der Waals surface area contributed by atoms with Crippen LogP contribution < -0.4 is 10.6 Å². The smallest absolute Gasteiger partial charge is 0.123 e. The molecule has 1 aromatic heterocycles. The minimum atomic E-state index is 0.343. The van der Waals surface area contributed by atoms with E-state index in [1.807, 2.05) is 18.3 Å². The van der Waals surface area contributed by atoms with E-state index in [4.69, 9.17) is 5.73 Å². The van der Waals surface area contributed by atoms with Crippen LogP contribution in [0.15, 0.2) is 18.3 Å². The molecule has 1 saturated carbocycles. The Bertz CT molecular complexity index is 368. The molecule has 0 aliphatic heterocycles. The van der Waals surface area contributed by atoms with Crippen LogP contribution in [0.2, 0.25) is 0 Å². The van der Waals surface area contributed by atoms with E-state index >= 15 is 0 Å². The Kier molecular flexibility index (Phi) is 3.24. The highest BCUT2D eigenvalue weighted by Gasteiger charge is 2.39. The molecule has 0 aromatic carbocycles. The van der Waals surface area contributed by atoms with Gasteiger partial charge in [0, 0.05) is 19.1 Å². The first kappa shape index (κ1) is 12.2. The number of hydrogen-bond donors (Lipinski definition) is 1. The van der Waals surface area contributed by atoms with Crippen LogP contribution >= 0.6 is 0 Å². The molecular formula is C13H22N4. The third-order valence-corrected chi connectivity index (χ3v) is 3.98. The number of hydrogen-bond acceptors (Lipinski definition) is 4. The second kappa shape index (κ2) is 4.53. The Morgan fingerprint density at radius 1 is 1.29 bits per heavy atom. The molecule has 0 spiro atoms. The van der Waals surface area contributed by atoms with E-state index in [-0.39, 0.29) is 0 Å². The van der Waals surface area contributed by atoms with Crippen LogP contribution in [0.3, 0.4) is 0 Å². The molecule has 4 nitrogen and oxygen atoms in total. The number of nitrogens with two attached hydrogens (primary N) is 1. The van der Waals surface area contributed by atoms with Gasteiger partial charge in [0.15, 0.2) is 0 Å². The number of nitrogens with zero attached hydrogens (tertiary/aromatic N) is 3. The fraction of sp³-hybridized carbons (Fsp3) is 0.615. The fourth-order valence-corrected chi connectivity index (χ4v) is 2.49. The minimum absolute atomic E-state index is 0.343. The Balaban J connectivity index is 2.05. The summed E-state index contributed by atoms with van der Waals surface area (Å²) in [5.74, 6) is 0.577. The van der Waals surface area contributed by atoms with Crippen molar-refractivity contribution in [2.24, 2.45) is 0 Å². The molecule has 2 N–H and O–H groups in total. The Hall–Kier alpha value is -1.29. The summed E-state index contributed by atoms with van der Waals surface area (Å²) in [5, 5.41) is 0. The molecule has 2 rings (SSSR count). The summed E-state index contributed by atoms with van der Waals surface area (Å²) in [6.45, 7) is 1.05.